The van der Waals surface area contributed by atoms with Crippen molar-refractivity contribution in [2.45, 2.75) is 58.8 Å². The Hall–Kier alpha value is -3.33. The molecule has 0 saturated carbocycles. The number of nitrogens with one attached hydrogen (secondary N) is 1. The first-order valence-electron chi connectivity index (χ1n) is 11.9. The normalized spacial score (nSPS) is 16.1. The average Bonchev–Trinajstić information content (AvgIpc) is 3.52. The zero-order chi connectivity index (χ0) is 24.9. The summed E-state index contributed by atoms with van der Waals surface area (Å²) in [6.07, 6.45) is 2.45. The van der Waals surface area contributed by atoms with Gasteiger partial charge in [0.25, 0.3) is 0 Å². The summed E-state index contributed by atoms with van der Waals surface area (Å²) in [5.74, 6) is 2.56. The van der Waals surface area contributed by atoms with Crippen LogP contribution in [0.5, 0.6) is 5.75 Å². The minimum Gasteiger partial charge on any atom is -0.492 e. The number of rotatable bonds is 3. The molecule has 0 radical (unpaired) electrons. The number of ether oxygens (including phenoxy) is 1. The first-order valence-corrected chi connectivity index (χ1v) is 13.4. The smallest absolute Gasteiger partial charge is 0.241 e. The van der Waals surface area contributed by atoms with Crippen molar-refractivity contribution in [3.8, 4) is 22.6 Å². The van der Waals surface area contributed by atoms with E-state index in [4.69, 9.17) is 4.74 Å². The lowest BCUT2D eigenvalue weighted by molar-refractivity contribution is 0.358. The van der Waals surface area contributed by atoms with Crippen molar-refractivity contribution in [2.75, 3.05) is 11.9 Å². The second-order valence-electron chi connectivity index (χ2n) is 10.2. The van der Waals surface area contributed by atoms with Crippen molar-refractivity contribution >= 4 is 26.6 Å². The molecule has 6 rings (SSSR count). The molecule has 0 fully saturated rings. The van der Waals surface area contributed by atoms with E-state index in [9.17, 15) is 8.42 Å². The summed E-state index contributed by atoms with van der Waals surface area (Å²) in [5.41, 5.74) is 6.50. The van der Waals surface area contributed by atoms with E-state index in [0.717, 1.165) is 62.8 Å². The van der Waals surface area contributed by atoms with E-state index in [1.807, 2.05) is 31.2 Å². The van der Waals surface area contributed by atoms with E-state index in [-0.39, 0.29) is 5.54 Å². The fourth-order valence-electron chi connectivity index (χ4n) is 5.49. The van der Waals surface area contributed by atoms with Crippen LogP contribution in [0.3, 0.4) is 0 Å². The van der Waals surface area contributed by atoms with Gasteiger partial charge in [0.15, 0.2) is 5.82 Å². The highest BCUT2D eigenvalue weighted by Gasteiger charge is 2.39. The second kappa shape index (κ2) is 7.10. The highest BCUT2D eigenvalue weighted by molar-refractivity contribution is 7.90. The topological polar surface area (TPSA) is 91.0 Å². The third-order valence-electron chi connectivity index (χ3n) is 7.25. The molecule has 1 N–H and O–H groups in total. The summed E-state index contributed by atoms with van der Waals surface area (Å²) in [4.78, 5) is 0. The lowest BCUT2D eigenvalue weighted by Crippen LogP contribution is -2.36. The number of nitrogens with zero attached hydrogens (tertiary/aromatic N) is 4. The largest absolute Gasteiger partial charge is 0.492 e. The summed E-state index contributed by atoms with van der Waals surface area (Å²) in [6, 6.07) is 7.72. The first kappa shape index (κ1) is 22.2. The molecule has 0 saturated heterocycles. The van der Waals surface area contributed by atoms with E-state index < -0.39 is 15.3 Å². The van der Waals surface area contributed by atoms with Crippen LogP contribution in [0.25, 0.3) is 27.7 Å². The van der Waals surface area contributed by atoms with Gasteiger partial charge in [0.2, 0.25) is 10.0 Å². The van der Waals surface area contributed by atoms with Crippen LogP contribution in [-0.4, -0.2) is 39.0 Å². The molecular formula is C26H29N5O3S. The summed E-state index contributed by atoms with van der Waals surface area (Å²) >= 11 is 0. The molecule has 0 bridgehead atoms. The van der Waals surface area contributed by atoms with E-state index in [1.54, 1.807) is 20.0 Å². The van der Waals surface area contributed by atoms with E-state index in [0.29, 0.717) is 12.1 Å². The number of aryl methyl sites for hydroxylation is 1. The third-order valence-corrected chi connectivity index (χ3v) is 9.31. The zero-order valence-electron chi connectivity index (χ0n) is 20.8. The number of fused-ring (bicyclic) bond motifs is 6. The van der Waals surface area contributed by atoms with Crippen molar-refractivity contribution in [3.63, 3.8) is 0 Å². The minimum atomic E-state index is -3.49. The van der Waals surface area contributed by atoms with Crippen molar-refractivity contribution in [1.29, 1.82) is 0 Å². The van der Waals surface area contributed by atoms with Gasteiger partial charge in [-0.25, -0.2) is 12.4 Å². The van der Waals surface area contributed by atoms with E-state index in [2.05, 4.69) is 40.9 Å². The Bertz CT molecular complexity index is 1640. The quantitative estimate of drug-likeness (QED) is 0.447. The van der Waals surface area contributed by atoms with Crippen molar-refractivity contribution in [1.82, 2.24) is 18.7 Å². The predicted octanol–water partition coefficient (Wildman–Crippen LogP) is 4.69. The fourth-order valence-corrected chi connectivity index (χ4v) is 6.61. The molecule has 2 aliphatic heterocycles. The van der Waals surface area contributed by atoms with Crippen LogP contribution in [-0.2, 0) is 22.0 Å². The van der Waals surface area contributed by atoms with Gasteiger partial charge < -0.3 is 10.1 Å². The third kappa shape index (κ3) is 2.87. The molecule has 182 valence electrons. The molecule has 8 nitrogen and oxygen atoms in total. The van der Waals surface area contributed by atoms with Crippen molar-refractivity contribution in [2.24, 2.45) is 0 Å². The molecule has 2 aliphatic rings. The summed E-state index contributed by atoms with van der Waals surface area (Å²) in [5, 5.41) is 13.0. The molecule has 0 spiro atoms. The Morgan fingerprint density at radius 2 is 1.91 bits per heavy atom. The van der Waals surface area contributed by atoms with Gasteiger partial charge in [-0.05, 0) is 64.8 Å². The monoisotopic (exact) mass is 491 g/mol. The Morgan fingerprint density at radius 1 is 1.14 bits per heavy atom. The Balaban J connectivity index is 1.69. The summed E-state index contributed by atoms with van der Waals surface area (Å²) in [6.45, 7) is 12.3. The number of benzene rings is 2. The molecule has 4 heterocycles. The zero-order valence-corrected chi connectivity index (χ0v) is 21.6. The average molecular weight is 492 g/mol. The maximum Gasteiger partial charge on any atom is 0.241 e. The van der Waals surface area contributed by atoms with Crippen LogP contribution in [0.2, 0.25) is 0 Å². The van der Waals surface area contributed by atoms with Gasteiger partial charge in [-0.2, -0.15) is 0 Å². The Kier molecular flexibility index (Phi) is 4.49. The molecule has 2 aromatic carbocycles. The van der Waals surface area contributed by atoms with Gasteiger partial charge in [0, 0.05) is 29.1 Å². The van der Waals surface area contributed by atoms with Gasteiger partial charge in [-0.1, -0.05) is 12.1 Å². The summed E-state index contributed by atoms with van der Waals surface area (Å²) < 4.78 is 35.8. The fraction of sp³-hybridized carbons (Fsp3) is 0.385. The van der Waals surface area contributed by atoms with Crippen LogP contribution in [0.4, 0.5) is 5.69 Å². The number of aromatic nitrogens is 4. The van der Waals surface area contributed by atoms with Gasteiger partial charge >= 0.3 is 0 Å². The van der Waals surface area contributed by atoms with Crippen LogP contribution in [0.15, 0.2) is 30.5 Å². The summed E-state index contributed by atoms with van der Waals surface area (Å²) in [7, 11) is -3.49. The Morgan fingerprint density at radius 3 is 2.66 bits per heavy atom. The molecule has 0 aliphatic carbocycles. The Labute approximate surface area is 205 Å². The lowest BCUT2D eigenvalue weighted by Gasteiger charge is -2.36. The van der Waals surface area contributed by atoms with Gasteiger partial charge in [-0.3, -0.25) is 4.57 Å². The van der Waals surface area contributed by atoms with Crippen molar-refractivity contribution < 1.29 is 13.2 Å². The predicted molar refractivity (Wildman–Crippen MR) is 137 cm³/mol. The van der Waals surface area contributed by atoms with Gasteiger partial charge in [0.05, 0.1) is 34.3 Å². The van der Waals surface area contributed by atoms with Crippen molar-refractivity contribution in [3.05, 3.63) is 53.2 Å². The molecule has 0 unspecified atom stereocenters. The molecule has 2 aromatic heterocycles. The molecular weight excluding hydrogens is 462 g/mol. The minimum absolute atomic E-state index is 0.388. The number of anilines is 1. The highest BCUT2D eigenvalue weighted by Crippen LogP contribution is 2.52. The van der Waals surface area contributed by atoms with Gasteiger partial charge in [0.1, 0.15) is 11.6 Å². The molecule has 35 heavy (non-hydrogen) atoms. The first-order chi connectivity index (χ1) is 16.5. The SMILES string of the molecule is Cc1c(-c2cccc3c2ccn3S(=O)(=O)C(C)C)c2c(c3c1-n1c(C)nnc1C(C)(C)N3)CCO2. The standard InChI is InChI=1S/C26H29N5O3S/c1-14(2)35(32,33)30-12-10-17-18(8-7-9-20(17)30)21-15(3)23-22(19-11-13-34-24(19)21)27-26(5,6)25-29-28-16(4)31(23)25/h7-10,12,14,27H,11,13H2,1-6H3. The molecule has 0 atom stereocenters. The van der Waals surface area contributed by atoms with E-state index in [1.165, 1.54) is 3.97 Å². The maximum absolute atomic E-state index is 13.0. The highest BCUT2D eigenvalue weighted by atomic mass is 32.2. The maximum atomic E-state index is 13.0. The molecule has 4 aromatic rings. The van der Waals surface area contributed by atoms with Crippen LogP contribution >= 0.6 is 0 Å². The molecule has 0 amide bonds. The molecule has 9 heteroatoms. The van der Waals surface area contributed by atoms with Gasteiger partial charge in [-0.15, -0.1) is 10.2 Å². The van der Waals surface area contributed by atoms with Crippen LogP contribution in [0.1, 0.15) is 50.5 Å². The number of hydrogen-bond acceptors (Lipinski definition) is 6. The number of hydrogen-bond donors (Lipinski definition) is 1. The lowest BCUT2D eigenvalue weighted by atomic mass is 9.88. The van der Waals surface area contributed by atoms with Crippen LogP contribution < -0.4 is 10.1 Å². The van der Waals surface area contributed by atoms with Crippen LogP contribution in [0, 0.1) is 13.8 Å². The van der Waals surface area contributed by atoms with E-state index >= 15 is 0 Å². The second-order valence-corrected chi connectivity index (χ2v) is 12.6.